The molecule has 1 amide bonds. The van der Waals surface area contributed by atoms with Gasteiger partial charge >= 0.3 is 0 Å². The maximum atomic E-state index is 13.1. The van der Waals surface area contributed by atoms with Gasteiger partial charge in [0.15, 0.2) is 0 Å². The summed E-state index contributed by atoms with van der Waals surface area (Å²) in [4.78, 5) is 19.7. The highest BCUT2D eigenvalue weighted by Gasteiger charge is 2.32. The van der Waals surface area contributed by atoms with Crippen LogP contribution in [0.2, 0.25) is 0 Å². The van der Waals surface area contributed by atoms with Crippen LogP contribution in [0.4, 0.5) is 5.69 Å². The van der Waals surface area contributed by atoms with Gasteiger partial charge in [0.25, 0.3) is 0 Å². The van der Waals surface area contributed by atoms with Gasteiger partial charge in [-0.15, -0.1) is 0 Å². The molecule has 1 aliphatic heterocycles. The Morgan fingerprint density at radius 2 is 2.00 bits per heavy atom. The van der Waals surface area contributed by atoms with Gasteiger partial charge in [0.1, 0.15) is 5.75 Å². The molecule has 0 saturated carbocycles. The van der Waals surface area contributed by atoms with E-state index < -0.39 is 0 Å². The fourth-order valence-corrected chi connectivity index (χ4v) is 3.96. The molecule has 2 aromatic heterocycles. The van der Waals surface area contributed by atoms with Gasteiger partial charge in [0.2, 0.25) is 5.91 Å². The zero-order chi connectivity index (χ0) is 20.7. The van der Waals surface area contributed by atoms with E-state index in [2.05, 4.69) is 11.2 Å². The van der Waals surface area contributed by atoms with Gasteiger partial charge in [0.05, 0.1) is 30.7 Å². The number of rotatable bonds is 4. The number of benzene rings is 1. The van der Waals surface area contributed by atoms with E-state index in [4.69, 9.17) is 9.72 Å². The fraction of sp³-hybridized carbons (Fsp3) is 0.348. The van der Waals surface area contributed by atoms with E-state index in [1.54, 1.807) is 7.11 Å². The molecule has 0 bridgehead atoms. The summed E-state index contributed by atoms with van der Waals surface area (Å²) in [5.41, 5.74) is 6.95. The third-order valence-corrected chi connectivity index (χ3v) is 5.80. The van der Waals surface area contributed by atoms with Crippen molar-refractivity contribution in [3.8, 4) is 16.9 Å². The van der Waals surface area contributed by atoms with Crippen LogP contribution in [0, 0.1) is 19.8 Å². The number of pyridine rings is 1. The van der Waals surface area contributed by atoms with Crippen molar-refractivity contribution < 1.29 is 9.53 Å². The van der Waals surface area contributed by atoms with Gasteiger partial charge in [-0.3, -0.25) is 14.5 Å². The largest absolute Gasteiger partial charge is 0.497 e. The van der Waals surface area contributed by atoms with Crippen molar-refractivity contribution in [3.63, 3.8) is 0 Å². The van der Waals surface area contributed by atoms with Crippen LogP contribution in [-0.2, 0) is 24.8 Å². The average molecular weight is 390 g/mol. The predicted molar refractivity (Wildman–Crippen MR) is 113 cm³/mol. The number of nitrogens with zero attached hydrogens (tertiary/aromatic N) is 4. The fourth-order valence-electron chi connectivity index (χ4n) is 3.96. The molecular formula is C23H26N4O2. The van der Waals surface area contributed by atoms with Gasteiger partial charge in [-0.2, -0.15) is 5.10 Å². The third kappa shape index (κ3) is 3.39. The molecule has 1 unspecified atom stereocenters. The number of hydrogen-bond donors (Lipinski definition) is 0. The summed E-state index contributed by atoms with van der Waals surface area (Å²) in [5.74, 6) is 0.836. The Bertz CT molecular complexity index is 1090. The first-order valence-electron chi connectivity index (χ1n) is 9.82. The molecule has 29 heavy (non-hydrogen) atoms. The van der Waals surface area contributed by atoms with Crippen LogP contribution in [0.3, 0.4) is 0 Å². The monoisotopic (exact) mass is 390 g/mol. The normalized spacial score (nSPS) is 16.1. The highest BCUT2D eigenvalue weighted by molar-refractivity contribution is 5.98. The van der Waals surface area contributed by atoms with Gasteiger partial charge in [-0.05, 0) is 37.6 Å². The Hall–Kier alpha value is -3.15. The minimum atomic E-state index is -0.0880. The SMILES string of the molecule is COc1cccc(-c2cnc3c(c2)N(Cc2c(C)nn(C)c2C)C(=O)C(C)C3)c1. The summed E-state index contributed by atoms with van der Waals surface area (Å²) < 4.78 is 7.22. The standard InChI is InChI=1S/C23H26N4O2/c1-14-9-21-22(11-18(12-24-21)17-7-6-8-19(10-17)29-5)27(23(14)28)13-20-15(2)25-26(4)16(20)3/h6-8,10-12,14H,9,13H2,1-5H3. The minimum absolute atomic E-state index is 0.0880. The highest BCUT2D eigenvalue weighted by Crippen LogP contribution is 2.35. The highest BCUT2D eigenvalue weighted by atomic mass is 16.5. The summed E-state index contributed by atoms with van der Waals surface area (Å²) in [5, 5.41) is 4.51. The Morgan fingerprint density at radius 3 is 2.69 bits per heavy atom. The van der Waals surface area contributed by atoms with E-state index in [0.717, 1.165) is 45.2 Å². The van der Waals surface area contributed by atoms with E-state index in [1.165, 1.54) is 0 Å². The molecule has 0 saturated heterocycles. The number of ether oxygens (including phenoxy) is 1. The van der Waals surface area contributed by atoms with Crippen molar-refractivity contribution in [2.24, 2.45) is 13.0 Å². The van der Waals surface area contributed by atoms with Gasteiger partial charge in [-0.25, -0.2) is 0 Å². The number of carbonyl (C=O) groups excluding carboxylic acids is 1. The number of carbonyl (C=O) groups is 1. The zero-order valence-corrected chi connectivity index (χ0v) is 17.6. The summed E-state index contributed by atoms with van der Waals surface area (Å²) >= 11 is 0. The molecule has 1 aromatic carbocycles. The summed E-state index contributed by atoms with van der Waals surface area (Å²) in [6, 6.07) is 9.96. The lowest BCUT2D eigenvalue weighted by atomic mass is 9.94. The van der Waals surface area contributed by atoms with E-state index in [1.807, 2.05) is 67.9 Å². The molecular weight excluding hydrogens is 364 g/mol. The second-order valence-corrected chi connectivity index (χ2v) is 7.72. The number of hydrogen-bond acceptors (Lipinski definition) is 4. The lowest BCUT2D eigenvalue weighted by molar-refractivity contribution is -0.122. The first kappa shape index (κ1) is 19.2. The Labute approximate surface area is 171 Å². The van der Waals surface area contributed by atoms with E-state index in [9.17, 15) is 4.79 Å². The third-order valence-electron chi connectivity index (χ3n) is 5.80. The van der Waals surface area contributed by atoms with Gasteiger partial charge in [-0.1, -0.05) is 19.1 Å². The van der Waals surface area contributed by atoms with Crippen molar-refractivity contribution >= 4 is 11.6 Å². The summed E-state index contributed by atoms with van der Waals surface area (Å²) in [7, 11) is 3.59. The lowest BCUT2D eigenvalue weighted by Crippen LogP contribution is -2.40. The molecule has 6 nitrogen and oxygen atoms in total. The topological polar surface area (TPSA) is 60.2 Å². The van der Waals surface area contributed by atoms with Crippen molar-refractivity contribution in [3.05, 3.63) is 59.2 Å². The van der Waals surface area contributed by atoms with Gasteiger partial charge < -0.3 is 9.64 Å². The second-order valence-electron chi connectivity index (χ2n) is 7.72. The number of methoxy groups -OCH3 is 1. The first-order valence-corrected chi connectivity index (χ1v) is 9.82. The Kier molecular flexibility index (Phi) is 4.86. The molecule has 0 N–H and O–H groups in total. The molecule has 3 aromatic rings. The molecule has 1 aliphatic rings. The van der Waals surface area contributed by atoms with Crippen LogP contribution < -0.4 is 9.64 Å². The van der Waals surface area contributed by atoms with Gasteiger partial charge in [0, 0.05) is 42.4 Å². The lowest BCUT2D eigenvalue weighted by Gasteiger charge is -2.32. The molecule has 0 aliphatic carbocycles. The minimum Gasteiger partial charge on any atom is -0.497 e. The van der Waals surface area contributed by atoms with Crippen LogP contribution in [0.5, 0.6) is 5.75 Å². The number of amides is 1. The molecule has 1 atom stereocenters. The van der Waals surface area contributed by atoms with E-state index in [0.29, 0.717) is 13.0 Å². The molecule has 4 rings (SSSR count). The van der Waals surface area contributed by atoms with Crippen LogP contribution >= 0.6 is 0 Å². The number of aromatic nitrogens is 3. The van der Waals surface area contributed by atoms with E-state index in [-0.39, 0.29) is 11.8 Å². The molecule has 3 heterocycles. The Morgan fingerprint density at radius 1 is 1.21 bits per heavy atom. The summed E-state index contributed by atoms with van der Waals surface area (Å²) in [6.45, 7) is 6.51. The average Bonchev–Trinajstić information content (AvgIpc) is 2.96. The number of fused-ring (bicyclic) bond motifs is 1. The quantitative estimate of drug-likeness (QED) is 0.679. The smallest absolute Gasteiger partial charge is 0.230 e. The number of anilines is 1. The second kappa shape index (κ2) is 7.35. The van der Waals surface area contributed by atoms with Crippen LogP contribution in [-0.4, -0.2) is 27.8 Å². The van der Waals surface area contributed by atoms with Crippen molar-refractivity contribution in [2.75, 3.05) is 12.0 Å². The Balaban J connectivity index is 1.78. The molecule has 0 spiro atoms. The van der Waals surface area contributed by atoms with Crippen LogP contribution in [0.1, 0.15) is 29.6 Å². The summed E-state index contributed by atoms with van der Waals surface area (Å²) in [6.07, 6.45) is 2.54. The first-order chi connectivity index (χ1) is 13.9. The molecule has 6 heteroatoms. The van der Waals surface area contributed by atoms with Crippen LogP contribution in [0.25, 0.3) is 11.1 Å². The number of aryl methyl sites for hydroxylation is 2. The maximum absolute atomic E-state index is 13.1. The van der Waals surface area contributed by atoms with Crippen molar-refractivity contribution in [2.45, 2.75) is 33.7 Å². The molecule has 0 fully saturated rings. The van der Waals surface area contributed by atoms with Crippen LogP contribution in [0.15, 0.2) is 36.5 Å². The molecule has 0 radical (unpaired) electrons. The zero-order valence-electron chi connectivity index (χ0n) is 17.6. The maximum Gasteiger partial charge on any atom is 0.230 e. The van der Waals surface area contributed by atoms with Crippen molar-refractivity contribution in [1.82, 2.24) is 14.8 Å². The predicted octanol–water partition coefficient (Wildman–Crippen LogP) is 3.83. The van der Waals surface area contributed by atoms with E-state index >= 15 is 0 Å². The van der Waals surface area contributed by atoms with Crippen molar-refractivity contribution in [1.29, 1.82) is 0 Å². The molecule has 150 valence electrons.